The first kappa shape index (κ1) is 16.8. The molecule has 5 nitrogen and oxygen atoms in total. The third-order valence-electron chi connectivity index (χ3n) is 3.26. The Bertz CT molecular complexity index is 657. The molecule has 0 aliphatic rings. The van der Waals surface area contributed by atoms with Gasteiger partial charge >= 0.3 is 0 Å². The fourth-order valence-corrected chi connectivity index (χ4v) is 2.49. The largest absolute Gasteiger partial charge is 0.319 e. The van der Waals surface area contributed by atoms with Gasteiger partial charge in [-0.05, 0) is 24.7 Å². The van der Waals surface area contributed by atoms with Crippen molar-refractivity contribution in [3.63, 3.8) is 0 Å². The van der Waals surface area contributed by atoms with Crippen molar-refractivity contribution in [1.29, 1.82) is 0 Å². The van der Waals surface area contributed by atoms with E-state index in [0.717, 1.165) is 5.56 Å². The summed E-state index contributed by atoms with van der Waals surface area (Å²) in [6.45, 7) is 2.94. The Morgan fingerprint density at radius 3 is 2.82 bits per heavy atom. The normalized spacial score (nSPS) is 12.2. The van der Waals surface area contributed by atoms with Crippen LogP contribution in [-0.2, 0) is 11.3 Å². The van der Waals surface area contributed by atoms with E-state index in [9.17, 15) is 4.79 Å². The number of carbonyl (C=O) groups is 1. The van der Waals surface area contributed by atoms with Gasteiger partial charge in [0.15, 0.2) is 0 Å². The van der Waals surface area contributed by atoms with E-state index in [-0.39, 0.29) is 11.8 Å². The second kappa shape index (κ2) is 7.63. The Morgan fingerprint density at radius 1 is 1.36 bits per heavy atom. The maximum absolute atomic E-state index is 12.1. The molecular weight excluding hydrogens is 323 g/mol. The van der Waals surface area contributed by atoms with Gasteiger partial charge in [-0.3, -0.25) is 4.79 Å². The molecule has 22 heavy (non-hydrogen) atoms. The number of nitrogens with zero attached hydrogens (tertiary/aromatic N) is 2. The fraction of sp³-hybridized carbons (Fsp3) is 0.333. The first-order valence-corrected chi connectivity index (χ1v) is 7.68. The highest BCUT2D eigenvalue weighted by Gasteiger charge is 2.14. The molecule has 0 aliphatic heterocycles. The SMILES string of the molecule is CNCC(C)C(=O)Nc1ccnn1Cc1ccc(Cl)cc1Cl. The molecule has 1 atom stereocenters. The zero-order chi connectivity index (χ0) is 16.1. The predicted octanol–water partition coefficient (Wildman–Crippen LogP) is 3.03. The van der Waals surface area contributed by atoms with Crippen molar-refractivity contribution in [1.82, 2.24) is 15.1 Å². The number of aromatic nitrogens is 2. The lowest BCUT2D eigenvalue weighted by molar-refractivity contribution is -0.119. The summed E-state index contributed by atoms with van der Waals surface area (Å²) < 4.78 is 1.69. The van der Waals surface area contributed by atoms with Gasteiger partial charge < -0.3 is 10.6 Å². The molecule has 0 radical (unpaired) electrons. The minimum absolute atomic E-state index is 0.0571. The minimum Gasteiger partial charge on any atom is -0.319 e. The Balaban J connectivity index is 2.11. The van der Waals surface area contributed by atoms with Gasteiger partial charge in [0, 0.05) is 28.6 Å². The number of rotatable bonds is 6. The second-order valence-corrected chi connectivity index (χ2v) is 5.90. The number of amides is 1. The number of nitrogens with one attached hydrogen (secondary N) is 2. The molecule has 1 aromatic heterocycles. The first-order valence-electron chi connectivity index (χ1n) is 6.92. The van der Waals surface area contributed by atoms with Crippen LogP contribution in [0.4, 0.5) is 5.82 Å². The number of benzene rings is 1. The van der Waals surface area contributed by atoms with E-state index in [0.29, 0.717) is 29.0 Å². The van der Waals surface area contributed by atoms with Crippen molar-refractivity contribution in [2.24, 2.45) is 5.92 Å². The van der Waals surface area contributed by atoms with Crippen LogP contribution in [0.25, 0.3) is 0 Å². The molecule has 1 amide bonds. The Hall–Kier alpha value is -1.56. The lowest BCUT2D eigenvalue weighted by atomic mass is 10.1. The van der Waals surface area contributed by atoms with Crippen molar-refractivity contribution in [2.45, 2.75) is 13.5 Å². The van der Waals surface area contributed by atoms with Crippen LogP contribution in [-0.4, -0.2) is 29.3 Å². The van der Waals surface area contributed by atoms with Crippen molar-refractivity contribution in [2.75, 3.05) is 18.9 Å². The highest BCUT2D eigenvalue weighted by molar-refractivity contribution is 6.35. The average Bonchev–Trinajstić information content (AvgIpc) is 2.89. The highest BCUT2D eigenvalue weighted by atomic mass is 35.5. The predicted molar refractivity (Wildman–Crippen MR) is 89.5 cm³/mol. The number of hydrogen-bond acceptors (Lipinski definition) is 3. The molecular formula is C15H18Cl2N4O. The van der Waals surface area contributed by atoms with Gasteiger partial charge in [0.05, 0.1) is 12.7 Å². The van der Waals surface area contributed by atoms with E-state index in [1.807, 2.05) is 20.0 Å². The first-order chi connectivity index (χ1) is 10.5. The standard InChI is InChI=1S/C15H18Cl2N4O/c1-10(8-18-2)15(22)20-14-5-6-19-21(14)9-11-3-4-12(16)7-13(11)17/h3-7,10,18H,8-9H2,1-2H3,(H,20,22). The number of hydrogen-bond donors (Lipinski definition) is 2. The van der Waals surface area contributed by atoms with Crippen LogP contribution in [0, 0.1) is 5.92 Å². The molecule has 0 saturated heterocycles. The van der Waals surface area contributed by atoms with Crippen LogP contribution in [0.5, 0.6) is 0 Å². The maximum Gasteiger partial charge on any atom is 0.229 e. The third kappa shape index (κ3) is 4.22. The summed E-state index contributed by atoms with van der Waals surface area (Å²) >= 11 is 12.1. The molecule has 0 fully saturated rings. The summed E-state index contributed by atoms with van der Waals surface area (Å²) in [6.07, 6.45) is 1.64. The molecule has 2 rings (SSSR count). The van der Waals surface area contributed by atoms with E-state index in [4.69, 9.17) is 23.2 Å². The summed E-state index contributed by atoms with van der Waals surface area (Å²) in [7, 11) is 1.82. The zero-order valence-electron chi connectivity index (χ0n) is 12.4. The van der Waals surface area contributed by atoms with Crippen LogP contribution < -0.4 is 10.6 Å². The van der Waals surface area contributed by atoms with E-state index in [2.05, 4.69) is 15.7 Å². The fourth-order valence-electron chi connectivity index (χ4n) is 2.02. The molecule has 118 valence electrons. The van der Waals surface area contributed by atoms with Gasteiger partial charge in [-0.15, -0.1) is 0 Å². The van der Waals surface area contributed by atoms with Crippen molar-refractivity contribution in [3.8, 4) is 0 Å². The molecule has 0 spiro atoms. The molecule has 0 saturated carbocycles. The molecule has 2 N–H and O–H groups in total. The van der Waals surface area contributed by atoms with Gasteiger partial charge in [-0.25, -0.2) is 4.68 Å². The van der Waals surface area contributed by atoms with Crippen molar-refractivity contribution in [3.05, 3.63) is 46.1 Å². The lowest BCUT2D eigenvalue weighted by Crippen LogP contribution is -2.29. The molecule has 0 aliphatic carbocycles. The Morgan fingerprint density at radius 2 is 2.14 bits per heavy atom. The zero-order valence-corrected chi connectivity index (χ0v) is 13.9. The summed E-state index contributed by atoms with van der Waals surface area (Å²) in [4.78, 5) is 12.1. The van der Waals surface area contributed by atoms with Crippen molar-refractivity contribution < 1.29 is 4.79 Å². The summed E-state index contributed by atoms with van der Waals surface area (Å²) in [5, 5.41) is 11.2. The summed E-state index contributed by atoms with van der Waals surface area (Å²) in [6, 6.07) is 7.07. The highest BCUT2D eigenvalue weighted by Crippen LogP contribution is 2.22. The number of anilines is 1. The topological polar surface area (TPSA) is 59.0 Å². The number of halogens is 2. The van der Waals surface area contributed by atoms with Gasteiger partial charge in [-0.2, -0.15) is 5.10 Å². The van der Waals surface area contributed by atoms with Crippen LogP contribution in [0.15, 0.2) is 30.5 Å². The van der Waals surface area contributed by atoms with Gasteiger partial charge in [0.2, 0.25) is 5.91 Å². The van der Waals surface area contributed by atoms with Crippen LogP contribution >= 0.6 is 23.2 Å². The van der Waals surface area contributed by atoms with Gasteiger partial charge in [0.25, 0.3) is 0 Å². The number of carbonyl (C=O) groups excluding carboxylic acids is 1. The van der Waals surface area contributed by atoms with E-state index in [1.165, 1.54) is 0 Å². The molecule has 7 heteroatoms. The maximum atomic E-state index is 12.1. The van der Waals surface area contributed by atoms with E-state index in [1.54, 1.807) is 29.1 Å². The molecule has 1 aromatic carbocycles. The van der Waals surface area contributed by atoms with Crippen molar-refractivity contribution >= 4 is 34.9 Å². The molecule has 1 unspecified atom stereocenters. The van der Waals surface area contributed by atoms with Crippen LogP contribution in [0.2, 0.25) is 10.0 Å². The molecule has 0 bridgehead atoms. The van der Waals surface area contributed by atoms with Crippen LogP contribution in [0.1, 0.15) is 12.5 Å². The Kier molecular flexibility index (Phi) is 5.83. The van der Waals surface area contributed by atoms with Gasteiger partial charge in [0.1, 0.15) is 5.82 Å². The summed E-state index contributed by atoms with van der Waals surface area (Å²) in [5.74, 6) is 0.449. The van der Waals surface area contributed by atoms with Crippen LogP contribution in [0.3, 0.4) is 0 Å². The van der Waals surface area contributed by atoms with Gasteiger partial charge in [-0.1, -0.05) is 36.2 Å². The second-order valence-electron chi connectivity index (χ2n) is 5.06. The molecule has 2 aromatic rings. The van der Waals surface area contributed by atoms with E-state index >= 15 is 0 Å². The summed E-state index contributed by atoms with van der Waals surface area (Å²) in [5.41, 5.74) is 0.883. The minimum atomic E-state index is -0.132. The Labute approximate surface area is 139 Å². The average molecular weight is 341 g/mol. The molecule has 1 heterocycles. The monoisotopic (exact) mass is 340 g/mol. The third-order valence-corrected chi connectivity index (χ3v) is 3.85. The van der Waals surface area contributed by atoms with E-state index < -0.39 is 0 Å². The smallest absolute Gasteiger partial charge is 0.229 e. The lowest BCUT2D eigenvalue weighted by Gasteiger charge is -2.13. The quantitative estimate of drug-likeness (QED) is 0.849.